The predicted molar refractivity (Wildman–Crippen MR) is 107 cm³/mol. The van der Waals surface area contributed by atoms with Crippen LogP contribution in [0.1, 0.15) is 6.42 Å². The maximum absolute atomic E-state index is 12.5. The Hall–Kier alpha value is -3.25. The minimum Gasteiger partial charge on any atom is -0.296 e. The van der Waals surface area contributed by atoms with Crippen LogP contribution in [-0.2, 0) is 0 Å². The van der Waals surface area contributed by atoms with E-state index < -0.39 is 0 Å². The van der Waals surface area contributed by atoms with Gasteiger partial charge in [0.2, 0.25) is 5.43 Å². The van der Waals surface area contributed by atoms with Crippen LogP contribution >= 0.6 is 0 Å². The Balaban J connectivity index is 1.70. The molecule has 1 aliphatic rings. The monoisotopic (exact) mass is 359 g/mol. The molecule has 0 unspecified atom stereocenters. The molecule has 0 atom stereocenters. The standard InChI is InChI=1S/C21H21N5O/c1-2-13-24-14-9-17(10-15-24)25-16-11-20(27)21(23-25)19-8-12-22-26(19)18-6-4-3-5-7-18/h2-9,11-12,16H,1,10,13-15H2. The molecular formula is C21H21N5O. The molecule has 1 aliphatic heterocycles. The number of hydrogen-bond acceptors (Lipinski definition) is 4. The second-order valence-electron chi connectivity index (χ2n) is 6.43. The van der Waals surface area contributed by atoms with E-state index in [-0.39, 0.29) is 5.43 Å². The third kappa shape index (κ3) is 3.52. The van der Waals surface area contributed by atoms with Gasteiger partial charge in [0.25, 0.3) is 0 Å². The van der Waals surface area contributed by atoms with Gasteiger partial charge in [0.1, 0.15) is 0 Å². The first-order chi connectivity index (χ1) is 13.3. The van der Waals surface area contributed by atoms with Crippen molar-refractivity contribution in [2.75, 3.05) is 19.6 Å². The van der Waals surface area contributed by atoms with Crippen LogP contribution in [0.15, 0.2) is 78.4 Å². The molecule has 3 heterocycles. The fourth-order valence-electron chi connectivity index (χ4n) is 3.26. The van der Waals surface area contributed by atoms with Crippen molar-refractivity contribution in [1.29, 1.82) is 0 Å². The fourth-order valence-corrected chi connectivity index (χ4v) is 3.26. The van der Waals surface area contributed by atoms with Gasteiger partial charge in [-0.1, -0.05) is 24.3 Å². The number of hydrogen-bond donors (Lipinski definition) is 0. The van der Waals surface area contributed by atoms with E-state index in [4.69, 9.17) is 0 Å². The van der Waals surface area contributed by atoms with E-state index >= 15 is 0 Å². The maximum Gasteiger partial charge on any atom is 0.209 e. The van der Waals surface area contributed by atoms with E-state index in [1.54, 1.807) is 23.1 Å². The van der Waals surface area contributed by atoms with Crippen LogP contribution in [0, 0.1) is 0 Å². The first kappa shape index (κ1) is 17.2. The summed E-state index contributed by atoms with van der Waals surface area (Å²) in [6.45, 7) is 6.47. The van der Waals surface area contributed by atoms with Crippen LogP contribution in [0.5, 0.6) is 0 Å². The SMILES string of the molecule is C=CCN1CC=C(n2ccc(=O)c(-c3ccnn3-c3ccccc3)n2)CC1. The van der Waals surface area contributed by atoms with E-state index in [0.29, 0.717) is 11.4 Å². The zero-order chi connectivity index (χ0) is 18.6. The van der Waals surface area contributed by atoms with Crippen molar-refractivity contribution in [2.45, 2.75) is 6.42 Å². The summed E-state index contributed by atoms with van der Waals surface area (Å²) < 4.78 is 3.56. The summed E-state index contributed by atoms with van der Waals surface area (Å²) in [5.74, 6) is 0. The Morgan fingerprint density at radius 1 is 1.15 bits per heavy atom. The van der Waals surface area contributed by atoms with Gasteiger partial charge in [0.15, 0.2) is 5.69 Å². The smallest absolute Gasteiger partial charge is 0.209 e. The molecule has 0 saturated heterocycles. The zero-order valence-corrected chi connectivity index (χ0v) is 15.0. The first-order valence-corrected chi connectivity index (χ1v) is 8.99. The molecule has 136 valence electrons. The number of aromatic nitrogens is 4. The summed E-state index contributed by atoms with van der Waals surface area (Å²) in [7, 11) is 0. The minimum absolute atomic E-state index is 0.117. The first-order valence-electron chi connectivity index (χ1n) is 8.99. The van der Waals surface area contributed by atoms with Crippen LogP contribution in [-0.4, -0.2) is 44.1 Å². The topological polar surface area (TPSA) is 56.0 Å². The van der Waals surface area contributed by atoms with Crippen molar-refractivity contribution < 1.29 is 0 Å². The van der Waals surface area contributed by atoms with Gasteiger partial charge in [-0.25, -0.2) is 9.36 Å². The lowest BCUT2D eigenvalue weighted by atomic mass is 10.2. The molecule has 0 bridgehead atoms. The van der Waals surface area contributed by atoms with Crippen LogP contribution in [0.25, 0.3) is 22.8 Å². The molecule has 4 rings (SSSR count). The lowest BCUT2D eigenvalue weighted by Gasteiger charge is -2.25. The molecule has 6 heteroatoms. The van der Waals surface area contributed by atoms with Gasteiger partial charge in [-0.15, -0.1) is 6.58 Å². The molecule has 0 amide bonds. The minimum atomic E-state index is -0.117. The highest BCUT2D eigenvalue weighted by Gasteiger charge is 2.16. The summed E-state index contributed by atoms with van der Waals surface area (Å²) >= 11 is 0. The highest BCUT2D eigenvalue weighted by molar-refractivity contribution is 5.58. The van der Waals surface area contributed by atoms with Crippen molar-refractivity contribution in [3.63, 3.8) is 0 Å². The van der Waals surface area contributed by atoms with Crippen molar-refractivity contribution in [3.8, 4) is 17.1 Å². The molecule has 0 saturated carbocycles. The predicted octanol–water partition coefficient (Wildman–Crippen LogP) is 2.83. The highest BCUT2D eigenvalue weighted by atomic mass is 16.1. The molecule has 0 spiro atoms. The Bertz CT molecular complexity index is 1030. The van der Waals surface area contributed by atoms with Gasteiger partial charge in [-0.05, 0) is 24.3 Å². The van der Waals surface area contributed by atoms with Crippen LogP contribution < -0.4 is 5.43 Å². The molecule has 0 aliphatic carbocycles. The molecule has 6 nitrogen and oxygen atoms in total. The lowest BCUT2D eigenvalue weighted by molar-refractivity contribution is 0.331. The molecule has 1 aromatic carbocycles. The fraction of sp³-hybridized carbons (Fsp3) is 0.190. The molecule has 0 N–H and O–H groups in total. The highest BCUT2D eigenvalue weighted by Crippen LogP contribution is 2.20. The Morgan fingerprint density at radius 2 is 2.00 bits per heavy atom. The molecular weight excluding hydrogens is 338 g/mol. The number of nitrogens with zero attached hydrogens (tertiary/aromatic N) is 5. The Kier molecular flexibility index (Phi) is 4.80. The zero-order valence-electron chi connectivity index (χ0n) is 15.0. The summed E-state index contributed by atoms with van der Waals surface area (Å²) in [6, 6.07) is 13.1. The van der Waals surface area contributed by atoms with Crippen LogP contribution in [0.3, 0.4) is 0 Å². The van der Waals surface area contributed by atoms with Crippen molar-refractivity contribution >= 4 is 5.70 Å². The normalized spacial score (nSPS) is 14.7. The summed E-state index contributed by atoms with van der Waals surface area (Å²) in [5.41, 5.74) is 2.96. The van der Waals surface area contributed by atoms with E-state index in [9.17, 15) is 4.79 Å². The average molecular weight is 359 g/mol. The molecule has 27 heavy (non-hydrogen) atoms. The lowest BCUT2D eigenvalue weighted by Crippen LogP contribution is -2.30. The van der Waals surface area contributed by atoms with Gasteiger partial charge in [-0.3, -0.25) is 9.69 Å². The average Bonchev–Trinajstić information content (AvgIpc) is 3.20. The molecule has 0 fully saturated rings. The number of rotatable bonds is 5. The molecule has 3 aromatic rings. The quantitative estimate of drug-likeness (QED) is 0.658. The summed E-state index contributed by atoms with van der Waals surface area (Å²) in [6.07, 6.45) is 8.38. The van der Waals surface area contributed by atoms with Crippen molar-refractivity contribution in [2.24, 2.45) is 0 Å². The largest absolute Gasteiger partial charge is 0.296 e. The molecule has 2 aromatic heterocycles. The van der Waals surface area contributed by atoms with Gasteiger partial charge in [0, 0.05) is 44.0 Å². The van der Waals surface area contributed by atoms with Gasteiger partial charge >= 0.3 is 0 Å². The third-order valence-corrected chi connectivity index (χ3v) is 4.65. The summed E-state index contributed by atoms with van der Waals surface area (Å²) in [5, 5.41) is 9.01. The second-order valence-corrected chi connectivity index (χ2v) is 6.43. The molecule has 0 radical (unpaired) electrons. The van der Waals surface area contributed by atoms with Gasteiger partial charge in [0.05, 0.1) is 17.6 Å². The van der Waals surface area contributed by atoms with Crippen LogP contribution in [0.4, 0.5) is 0 Å². The number of benzene rings is 1. The van der Waals surface area contributed by atoms with Crippen molar-refractivity contribution in [3.05, 3.63) is 83.8 Å². The second kappa shape index (κ2) is 7.55. The van der Waals surface area contributed by atoms with Crippen molar-refractivity contribution in [1.82, 2.24) is 24.5 Å². The maximum atomic E-state index is 12.5. The van der Waals surface area contributed by atoms with Gasteiger partial charge in [-0.2, -0.15) is 10.2 Å². The van der Waals surface area contributed by atoms with E-state index in [1.807, 2.05) is 47.2 Å². The Labute approximate surface area is 157 Å². The van der Waals surface area contributed by atoms with E-state index in [2.05, 4.69) is 27.8 Å². The number of para-hydroxylation sites is 1. The van der Waals surface area contributed by atoms with Crippen LogP contribution in [0.2, 0.25) is 0 Å². The summed E-state index contributed by atoms with van der Waals surface area (Å²) in [4.78, 5) is 14.8. The van der Waals surface area contributed by atoms with Gasteiger partial charge < -0.3 is 0 Å². The van der Waals surface area contributed by atoms with E-state index in [0.717, 1.165) is 37.4 Å². The van der Waals surface area contributed by atoms with E-state index in [1.165, 1.54) is 0 Å². The third-order valence-electron chi connectivity index (χ3n) is 4.65. The Morgan fingerprint density at radius 3 is 2.74 bits per heavy atom.